The molecule has 1 N–H and O–H groups in total. The number of carbonyl (C=O) groups is 2. The number of hydrogen-bond acceptors (Lipinski definition) is 4. The molecule has 0 aliphatic heterocycles. The smallest absolute Gasteiger partial charge is 0.307 e. The minimum Gasteiger partial charge on any atom is -0.469 e. The zero-order valence-electron chi connectivity index (χ0n) is 11.2. The van der Waals surface area contributed by atoms with Crippen LogP contribution in [0.25, 0.3) is 0 Å². The fraction of sp³-hybridized carbons (Fsp3) is 0.429. The van der Waals surface area contributed by atoms with Crippen molar-refractivity contribution >= 4 is 11.9 Å². The molecule has 1 aromatic rings. The Labute approximate surface area is 112 Å². The molecule has 0 saturated carbocycles. The summed E-state index contributed by atoms with van der Waals surface area (Å²) < 4.78 is 9.81. The van der Waals surface area contributed by atoms with Gasteiger partial charge in [0.25, 0.3) is 0 Å². The predicted molar refractivity (Wildman–Crippen MR) is 70.3 cm³/mol. The van der Waals surface area contributed by atoms with E-state index in [1.165, 1.54) is 7.11 Å². The quantitative estimate of drug-likeness (QED) is 0.754. The Morgan fingerprint density at radius 3 is 2.58 bits per heavy atom. The highest BCUT2D eigenvalue weighted by Crippen LogP contribution is 2.00. The van der Waals surface area contributed by atoms with E-state index >= 15 is 0 Å². The van der Waals surface area contributed by atoms with Crippen LogP contribution in [0.5, 0.6) is 0 Å². The number of carbonyl (C=O) groups excluding carboxylic acids is 2. The summed E-state index contributed by atoms with van der Waals surface area (Å²) in [5.41, 5.74) is 1.01. The van der Waals surface area contributed by atoms with Gasteiger partial charge in [0.15, 0.2) is 0 Å². The first-order chi connectivity index (χ1) is 9.11. The van der Waals surface area contributed by atoms with E-state index in [2.05, 4.69) is 10.1 Å². The van der Waals surface area contributed by atoms with Gasteiger partial charge in [-0.05, 0) is 12.5 Å². The maximum Gasteiger partial charge on any atom is 0.307 e. The lowest BCUT2D eigenvalue weighted by Crippen LogP contribution is -2.36. The van der Waals surface area contributed by atoms with E-state index in [0.717, 1.165) is 5.56 Å². The molecule has 0 radical (unpaired) electrons. The molecule has 5 nitrogen and oxygen atoms in total. The van der Waals surface area contributed by atoms with Crippen LogP contribution in [0.1, 0.15) is 18.9 Å². The number of nitrogens with one attached hydrogen (secondary N) is 1. The maximum atomic E-state index is 11.5. The van der Waals surface area contributed by atoms with Crippen LogP contribution in [0.3, 0.4) is 0 Å². The molecule has 1 aromatic carbocycles. The molecular weight excluding hydrogens is 246 g/mol. The fourth-order valence-corrected chi connectivity index (χ4v) is 1.54. The van der Waals surface area contributed by atoms with Gasteiger partial charge in [0, 0.05) is 6.04 Å². The number of esters is 1. The van der Waals surface area contributed by atoms with E-state index in [1.807, 2.05) is 30.3 Å². The van der Waals surface area contributed by atoms with E-state index < -0.39 is 0 Å². The van der Waals surface area contributed by atoms with Crippen molar-refractivity contribution in [3.8, 4) is 0 Å². The summed E-state index contributed by atoms with van der Waals surface area (Å²) in [6.07, 6.45) is 0.154. The predicted octanol–water partition coefficient (Wildman–Crippen LogP) is 1.27. The van der Waals surface area contributed by atoms with Crippen molar-refractivity contribution in [3.63, 3.8) is 0 Å². The molecule has 0 fully saturated rings. The largest absolute Gasteiger partial charge is 0.469 e. The van der Waals surface area contributed by atoms with Crippen LogP contribution in [0.4, 0.5) is 0 Å². The lowest BCUT2D eigenvalue weighted by atomic mass is 10.2. The Kier molecular flexibility index (Phi) is 6.60. The Bertz CT molecular complexity index is 405. The van der Waals surface area contributed by atoms with Crippen molar-refractivity contribution in [1.29, 1.82) is 0 Å². The van der Waals surface area contributed by atoms with Crippen LogP contribution in [0.2, 0.25) is 0 Å². The van der Waals surface area contributed by atoms with Crippen LogP contribution in [-0.4, -0.2) is 31.6 Å². The average Bonchev–Trinajstić information content (AvgIpc) is 2.39. The van der Waals surface area contributed by atoms with E-state index in [9.17, 15) is 9.59 Å². The summed E-state index contributed by atoms with van der Waals surface area (Å²) in [4.78, 5) is 22.5. The highest BCUT2D eigenvalue weighted by Gasteiger charge is 2.11. The van der Waals surface area contributed by atoms with Crippen molar-refractivity contribution in [2.45, 2.75) is 26.0 Å². The number of benzene rings is 1. The first-order valence-corrected chi connectivity index (χ1v) is 6.09. The van der Waals surface area contributed by atoms with Crippen LogP contribution >= 0.6 is 0 Å². The molecule has 0 aliphatic rings. The van der Waals surface area contributed by atoms with Crippen LogP contribution in [-0.2, 0) is 25.7 Å². The van der Waals surface area contributed by atoms with Crippen LogP contribution < -0.4 is 5.32 Å². The van der Waals surface area contributed by atoms with Crippen molar-refractivity contribution < 1.29 is 19.1 Å². The molecule has 1 unspecified atom stereocenters. The molecule has 1 atom stereocenters. The lowest BCUT2D eigenvalue weighted by molar-refractivity contribution is -0.141. The first-order valence-electron chi connectivity index (χ1n) is 6.09. The normalized spacial score (nSPS) is 11.7. The second-order valence-electron chi connectivity index (χ2n) is 4.23. The van der Waals surface area contributed by atoms with Crippen molar-refractivity contribution in [3.05, 3.63) is 35.9 Å². The van der Waals surface area contributed by atoms with Gasteiger partial charge < -0.3 is 14.8 Å². The maximum absolute atomic E-state index is 11.5. The molecule has 0 aromatic heterocycles. The highest BCUT2D eigenvalue weighted by molar-refractivity contribution is 5.78. The molecule has 104 valence electrons. The third-order valence-electron chi connectivity index (χ3n) is 2.45. The molecule has 19 heavy (non-hydrogen) atoms. The van der Waals surface area contributed by atoms with Gasteiger partial charge in [-0.25, -0.2) is 0 Å². The van der Waals surface area contributed by atoms with Crippen molar-refractivity contribution in [1.82, 2.24) is 5.32 Å². The SMILES string of the molecule is COC(=O)CC(C)NC(=O)COCc1ccccc1. The molecule has 0 spiro atoms. The van der Waals surface area contributed by atoms with Crippen LogP contribution in [0, 0.1) is 0 Å². The van der Waals surface area contributed by atoms with Crippen molar-refractivity contribution in [2.24, 2.45) is 0 Å². The Balaban J connectivity index is 2.19. The van der Waals surface area contributed by atoms with Crippen molar-refractivity contribution in [2.75, 3.05) is 13.7 Å². The third kappa shape index (κ3) is 6.57. The first kappa shape index (κ1) is 15.2. The van der Waals surface area contributed by atoms with E-state index in [-0.39, 0.29) is 30.9 Å². The van der Waals surface area contributed by atoms with E-state index in [4.69, 9.17) is 4.74 Å². The number of amides is 1. The minimum absolute atomic E-state index is 0.0274. The third-order valence-corrected chi connectivity index (χ3v) is 2.45. The minimum atomic E-state index is -0.349. The zero-order valence-corrected chi connectivity index (χ0v) is 11.2. The second kappa shape index (κ2) is 8.26. The molecule has 0 aliphatic carbocycles. The summed E-state index contributed by atoms with van der Waals surface area (Å²) in [5.74, 6) is -0.592. The topological polar surface area (TPSA) is 64.6 Å². The Hall–Kier alpha value is -1.88. The molecule has 1 rings (SSSR count). The van der Waals surface area contributed by atoms with E-state index in [0.29, 0.717) is 6.61 Å². The molecule has 0 saturated heterocycles. The zero-order chi connectivity index (χ0) is 14.1. The average molecular weight is 265 g/mol. The lowest BCUT2D eigenvalue weighted by Gasteiger charge is -2.12. The highest BCUT2D eigenvalue weighted by atomic mass is 16.5. The summed E-state index contributed by atoms with van der Waals surface area (Å²) in [6.45, 7) is 2.10. The summed E-state index contributed by atoms with van der Waals surface area (Å²) in [5, 5.41) is 2.67. The van der Waals surface area contributed by atoms with Gasteiger partial charge in [0.2, 0.25) is 5.91 Å². The monoisotopic (exact) mass is 265 g/mol. The number of hydrogen-bond donors (Lipinski definition) is 1. The van der Waals surface area contributed by atoms with Gasteiger partial charge >= 0.3 is 5.97 Å². The molecule has 0 bridgehead atoms. The van der Waals surface area contributed by atoms with Gasteiger partial charge in [-0.2, -0.15) is 0 Å². The molecule has 5 heteroatoms. The second-order valence-corrected chi connectivity index (χ2v) is 4.23. The van der Waals surface area contributed by atoms with Gasteiger partial charge in [-0.1, -0.05) is 30.3 Å². The standard InChI is InChI=1S/C14H19NO4/c1-11(8-14(17)18-2)15-13(16)10-19-9-12-6-4-3-5-7-12/h3-7,11H,8-10H2,1-2H3,(H,15,16). The van der Waals surface area contributed by atoms with E-state index in [1.54, 1.807) is 6.92 Å². The van der Waals surface area contributed by atoms with Gasteiger partial charge in [0.1, 0.15) is 6.61 Å². The number of ether oxygens (including phenoxy) is 2. The van der Waals surface area contributed by atoms with Gasteiger partial charge in [-0.3, -0.25) is 9.59 Å². The molecular formula is C14H19NO4. The Morgan fingerprint density at radius 1 is 1.26 bits per heavy atom. The summed E-state index contributed by atoms with van der Waals surface area (Å²) >= 11 is 0. The summed E-state index contributed by atoms with van der Waals surface area (Å²) in [6, 6.07) is 9.34. The Morgan fingerprint density at radius 2 is 1.95 bits per heavy atom. The van der Waals surface area contributed by atoms with Crippen LogP contribution in [0.15, 0.2) is 30.3 Å². The van der Waals surface area contributed by atoms with Gasteiger partial charge in [-0.15, -0.1) is 0 Å². The van der Waals surface area contributed by atoms with Gasteiger partial charge in [0.05, 0.1) is 20.1 Å². The molecule has 1 amide bonds. The molecule has 0 heterocycles. The number of rotatable bonds is 7. The fourth-order valence-electron chi connectivity index (χ4n) is 1.54. The summed E-state index contributed by atoms with van der Waals surface area (Å²) in [7, 11) is 1.32. The number of methoxy groups -OCH3 is 1.